The third kappa shape index (κ3) is 2.39. The molecule has 0 aromatic carbocycles. The highest BCUT2D eigenvalue weighted by Gasteiger charge is 2.45. The summed E-state index contributed by atoms with van der Waals surface area (Å²) < 4.78 is 0. The first-order valence-electron chi connectivity index (χ1n) is 7.70. The van der Waals surface area contributed by atoms with Crippen molar-refractivity contribution in [2.75, 3.05) is 13.1 Å². The van der Waals surface area contributed by atoms with Crippen LogP contribution in [0.25, 0.3) is 0 Å². The van der Waals surface area contributed by atoms with Gasteiger partial charge in [0.05, 0.1) is 0 Å². The fourth-order valence-corrected chi connectivity index (χ4v) is 4.04. The lowest BCUT2D eigenvalue weighted by atomic mass is 9.94. The molecule has 17 heavy (non-hydrogen) atoms. The SMILES string of the molecule is CC1CCNC(C)(C2CC2)CN1C1CCCC1. The van der Waals surface area contributed by atoms with Crippen molar-refractivity contribution in [1.82, 2.24) is 10.2 Å². The highest BCUT2D eigenvalue weighted by Crippen LogP contribution is 2.42. The van der Waals surface area contributed by atoms with Crippen LogP contribution < -0.4 is 5.32 Å². The maximum Gasteiger partial charge on any atom is 0.0308 e. The van der Waals surface area contributed by atoms with Crippen LogP contribution in [-0.4, -0.2) is 35.6 Å². The molecule has 3 aliphatic rings. The van der Waals surface area contributed by atoms with E-state index in [9.17, 15) is 0 Å². The zero-order valence-corrected chi connectivity index (χ0v) is 11.5. The van der Waals surface area contributed by atoms with Crippen molar-refractivity contribution in [3.8, 4) is 0 Å². The van der Waals surface area contributed by atoms with Crippen LogP contribution in [0.4, 0.5) is 0 Å². The van der Waals surface area contributed by atoms with Crippen molar-refractivity contribution < 1.29 is 0 Å². The molecule has 0 bridgehead atoms. The van der Waals surface area contributed by atoms with Gasteiger partial charge in [-0.1, -0.05) is 12.8 Å². The quantitative estimate of drug-likeness (QED) is 0.793. The minimum Gasteiger partial charge on any atom is -0.310 e. The maximum absolute atomic E-state index is 3.86. The van der Waals surface area contributed by atoms with Crippen molar-refractivity contribution in [3.63, 3.8) is 0 Å². The summed E-state index contributed by atoms with van der Waals surface area (Å²) in [6.45, 7) is 7.43. The second-order valence-corrected chi connectivity index (χ2v) is 6.87. The predicted molar refractivity (Wildman–Crippen MR) is 72.2 cm³/mol. The molecule has 1 N–H and O–H groups in total. The molecule has 98 valence electrons. The van der Waals surface area contributed by atoms with E-state index in [0.29, 0.717) is 5.54 Å². The molecule has 0 amide bonds. The number of nitrogens with zero attached hydrogens (tertiary/aromatic N) is 1. The third-order valence-electron chi connectivity index (χ3n) is 5.44. The molecule has 0 radical (unpaired) electrons. The van der Waals surface area contributed by atoms with E-state index in [1.807, 2.05) is 0 Å². The molecular weight excluding hydrogens is 208 g/mol. The summed E-state index contributed by atoms with van der Waals surface area (Å²) in [6, 6.07) is 1.68. The van der Waals surface area contributed by atoms with Gasteiger partial charge < -0.3 is 5.32 Å². The molecule has 2 nitrogen and oxygen atoms in total. The highest BCUT2D eigenvalue weighted by atomic mass is 15.2. The second kappa shape index (κ2) is 4.55. The first-order chi connectivity index (χ1) is 8.19. The third-order valence-corrected chi connectivity index (χ3v) is 5.44. The van der Waals surface area contributed by atoms with Gasteiger partial charge in [-0.2, -0.15) is 0 Å². The Morgan fingerprint density at radius 2 is 1.76 bits per heavy atom. The van der Waals surface area contributed by atoms with Crippen LogP contribution in [-0.2, 0) is 0 Å². The van der Waals surface area contributed by atoms with Gasteiger partial charge in [0.25, 0.3) is 0 Å². The monoisotopic (exact) mass is 236 g/mol. The Morgan fingerprint density at radius 1 is 1.06 bits per heavy atom. The molecule has 3 fully saturated rings. The largest absolute Gasteiger partial charge is 0.310 e. The summed E-state index contributed by atoms with van der Waals surface area (Å²) in [5.74, 6) is 0.955. The topological polar surface area (TPSA) is 15.3 Å². The zero-order chi connectivity index (χ0) is 11.9. The molecule has 1 heterocycles. The lowest BCUT2D eigenvalue weighted by Gasteiger charge is -2.39. The smallest absolute Gasteiger partial charge is 0.0308 e. The Morgan fingerprint density at radius 3 is 2.41 bits per heavy atom. The van der Waals surface area contributed by atoms with Crippen molar-refractivity contribution in [1.29, 1.82) is 0 Å². The average molecular weight is 236 g/mol. The van der Waals surface area contributed by atoms with Gasteiger partial charge in [-0.15, -0.1) is 0 Å². The van der Waals surface area contributed by atoms with Gasteiger partial charge >= 0.3 is 0 Å². The summed E-state index contributed by atoms with van der Waals surface area (Å²) >= 11 is 0. The van der Waals surface area contributed by atoms with E-state index in [1.165, 1.54) is 58.0 Å². The minimum atomic E-state index is 0.410. The molecular formula is C15H28N2. The molecule has 2 saturated carbocycles. The minimum absolute atomic E-state index is 0.410. The van der Waals surface area contributed by atoms with E-state index in [2.05, 4.69) is 24.1 Å². The molecule has 0 aromatic rings. The number of rotatable bonds is 2. The number of hydrogen-bond donors (Lipinski definition) is 1. The predicted octanol–water partition coefficient (Wildman–Crippen LogP) is 2.78. The molecule has 3 rings (SSSR count). The van der Waals surface area contributed by atoms with Crippen LogP contribution >= 0.6 is 0 Å². The normalized spacial score (nSPS) is 41.6. The van der Waals surface area contributed by atoms with Gasteiger partial charge in [0.15, 0.2) is 0 Å². The number of hydrogen-bond acceptors (Lipinski definition) is 2. The van der Waals surface area contributed by atoms with E-state index >= 15 is 0 Å². The summed E-state index contributed by atoms with van der Waals surface area (Å²) in [4.78, 5) is 2.85. The summed E-state index contributed by atoms with van der Waals surface area (Å²) in [5, 5.41) is 3.86. The Bertz CT molecular complexity index is 268. The summed E-state index contributed by atoms with van der Waals surface area (Å²) in [7, 11) is 0. The zero-order valence-electron chi connectivity index (χ0n) is 11.5. The van der Waals surface area contributed by atoms with Gasteiger partial charge in [-0.05, 0) is 58.4 Å². The van der Waals surface area contributed by atoms with Gasteiger partial charge in [-0.25, -0.2) is 0 Å². The molecule has 1 saturated heterocycles. The Labute approximate surface area is 106 Å². The summed E-state index contributed by atoms with van der Waals surface area (Å²) in [6.07, 6.45) is 10.1. The van der Waals surface area contributed by atoms with Crippen LogP contribution in [0.2, 0.25) is 0 Å². The molecule has 0 spiro atoms. The molecule has 2 aliphatic carbocycles. The van der Waals surface area contributed by atoms with Crippen molar-refractivity contribution >= 4 is 0 Å². The summed E-state index contributed by atoms with van der Waals surface area (Å²) in [5.41, 5.74) is 0.410. The van der Waals surface area contributed by atoms with Gasteiger partial charge in [-0.3, -0.25) is 4.90 Å². The first-order valence-corrected chi connectivity index (χ1v) is 7.70. The van der Waals surface area contributed by atoms with Crippen LogP contribution in [0, 0.1) is 5.92 Å². The van der Waals surface area contributed by atoms with Gasteiger partial charge in [0.2, 0.25) is 0 Å². The first kappa shape index (κ1) is 12.0. The van der Waals surface area contributed by atoms with Crippen molar-refractivity contribution in [3.05, 3.63) is 0 Å². The van der Waals surface area contributed by atoms with Gasteiger partial charge in [0, 0.05) is 24.2 Å². The standard InChI is InChI=1S/C15H28N2/c1-12-9-10-16-15(2,13-7-8-13)11-17(12)14-5-3-4-6-14/h12-14,16H,3-11H2,1-2H3. The second-order valence-electron chi connectivity index (χ2n) is 6.87. The van der Waals surface area contributed by atoms with E-state index in [-0.39, 0.29) is 0 Å². The average Bonchev–Trinajstić information content (AvgIpc) is 3.05. The van der Waals surface area contributed by atoms with E-state index < -0.39 is 0 Å². The molecule has 2 atom stereocenters. The molecule has 2 heteroatoms. The number of nitrogens with one attached hydrogen (secondary N) is 1. The highest BCUT2D eigenvalue weighted by molar-refractivity contribution is 5.03. The lowest BCUT2D eigenvalue weighted by Crippen LogP contribution is -2.53. The Balaban J connectivity index is 1.74. The van der Waals surface area contributed by atoms with Gasteiger partial charge in [0.1, 0.15) is 0 Å². The van der Waals surface area contributed by atoms with E-state index in [1.54, 1.807) is 0 Å². The van der Waals surface area contributed by atoms with Crippen LogP contribution in [0.3, 0.4) is 0 Å². The van der Waals surface area contributed by atoms with Crippen LogP contribution in [0.5, 0.6) is 0 Å². The Kier molecular flexibility index (Phi) is 3.20. The van der Waals surface area contributed by atoms with Crippen molar-refractivity contribution in [2.45, 2.75) is 76.4 Å². The van der Waals surface area contributed by atoms with E-state index in [4.69, 9.17) is 0 Å². The molecule has 2 unspecified atom stereocenters. The lowest BCUT2D eigenvalue weighted by molar-refractivity contribution is 0.112. The fraction of sp³-hybridized carbons (Fsp3) is 1.00. The maximum atomic E-state index is 3.86. The molecule has 1 aliphatic heterocycles. The Hall–Kier alpha value is -0.0800. The van der Waals surface area contributed by atoms with Crippen LogP contribution in [0.15, 0.2) is 0 Å². The molecule has 0 aromatic heterocycles. The van der Waals surface area contributed by atoms with Crippen molar-refractivity contribution in [2.24, 2.45) is 5.92 Å². The van der Waals surface area contributed by atoms with E-state index in [0.717, 1.165) is 18.0 Å². The fourth-order valence-electron chi connectivity index (χ4n) is 4.04. The van der Waals surface area contributed by atoms with Crippen LogP contribution in [0.1, 0.15) is 58.8 Å².